The van der Waals surface area contributed by atoms with Crippen LogP contribution in [0.15, 0.2) is 42.5 Å². The molecule has 9 nitrogen and oxygen atoms in total. The average Bonchev–Trinajstić information content (AvgIpc) is 3.49. The monoisotopic (exact) mass is 563 g/mol. The normalized spacial score (nSPS) is 29.0. The Hall–Kier alpha value is -3.43. The van der Waals surface area contributed by atoms with E-state index < -0.39 is 35.1 Å². The number of aryl methyl sites for hydroxylation is 2. The van der Waals surface area contributed by atoms with Crippen molar-refractivity contribution in [3.05, 3.63) is 53.6 Å². The highest BCUT2D eigenvalue weighted by molar-refractivity contribution is 6.05. The Labute approximate surface area is 241 Å². The molecule has 2 unspecified atom stereocenters. The minimum atomic E-state index is -1.18. The molecule has 1 spiro atoms. The summed E-state index contributed by atoms with van der Waals surface area (Å²) in [4.78, 5) is 44.0. The number of likely N-dealkylation sites (tertiary alicyclic amines) is 1. The Morgan fingerprint density at radius 2 is 1.73 bits per heavy atom. The summed E-state index contributed by atoms with van der Waals surface area (Å²) in [7, 11) is 0. The number of hydrogen-bond donors (Lipinski definition) is 3. The van der Waals surface area contributed by atoms with E-state index in [0.717, 1.165) is 11.1 Å². The molecular weight excluding hydrogens is 522 g/mol. The zero-order valence-corrected chi connectivity index (χ0v) is 24.7. The Kier molecular flexibility index (Phi) is 7.63. The van der Waals surface area contributed by atoms with Crippen molar-refractivity contribution in [1.29, 1.82) is 0 Å². The first-order valence-electron chi connectivity index (χ1n) is 14.5. The van der Waals surface area contributed by atoms with E-state index in [1.165, 1.54) is 4.90 Å². The molecule has 6 atom stereocenters. The molecule has 0 aliphatic carbocycles. The van der Waals surface area contributed by atoms with Gasteiger partial charge in [0, 0.05) is 11.4 Å². The number of rotatable bonds is 9. The van der Waals surface area contributed by atoms with Crippen LogP contribution in [0.4, 0.5) is 11.4 Å². The fourth-order valence-electron chi connectivity index (χ4n) is 7.27. The van der Waals surface area contributed by atoms with Crippen molar-refractivity contribution in [2.24, 2.45) is 17.8 Å². The molecule has 220 valence electrons. The van der Waals surface area contributed by atoms with E-state index in [1.54, 1.807) is 24.3 Å². The van der Waals surface area contributed by atoms with Gasteiger partial charge in [-0.25, -0.2) is 0 Å². The number of benzene rings is 2. The first-order chi connectivity index (χ1) is 19.5. The molecule has 41 heavy (non-hydrogen) atoms. The molecule has 3 saturated heterocycles. The van der Waals surface area contributed by atoms with Crippen LogP contribution in [-0.2, 0) is 19.1 Å². The van der Waals surface area contributed by atoms with Gasteiger partial charge in [-0.05, 0) is 81.8 Å². The second kappa shape index (κ2) is 10.8. The maximum atomic E-state index is 14.4. The molecule has 3 heterocycles. The molecule has 3 aliphatic rings. The molecule has 2 bridgehead atoms. The minimum absolute atomic E-state index is 0.126. The zero-order valence-electron chi connectivity index (χ0n) is 24.7. The molecule has 0 radical (unpaired) electrons. The van der Waals surface area contributed by atoms with Crippen LogP contribution in [0, 0.1) is 31.6 Å². The first-order valence-corrected chi connectivity index (χ1v) is 14.5. The van der Waals surface area contributed by atoms with Crippen LogP contribution in [0.25, 0.3) is 0 Å². The van der Waals surface area contributed by atoms with Crippen molar-refractivity contribution in [1.82, 2.24) is 4.90 Å². The van der Waals surface area contributed by atoms with Crippen LogP contribution in [0.2, 0.25) is 0 Å². The maximum absolute atomic E-state index is 14.4. The molecule has 3 fully saturated rings. The van der Waals surface area contributed by atoms with Crippen molar-refractivity contribution < 1.29 is 29.0 Å². The number of aliphatic hydroxyl groups excluding tert-OH is 1. The number of aliphatic hydroxyl groups is 1. The number of nitrogens with one attached hydrogen (secondary N) is 2. The van der Waals surface area contributed by atoms with Crippen molar-refractivity contribution in [2.45, 2.75) is 77.7 Å². The van der Waals surface area contributed by atoms with Crippen molar-refractivity contribution >= 4 is 29.1 Å². The van der Waals surface area contributed by atoms with E-state index >= 15 is 0 Å². The van der Waals surface area contributed by atoms with Gasteiger partial charge in [-0.1, -0.05) is 32.0 Å². The van der Waals surface area contributed by atoms with Gasteiger partial charge in [-0.15, -0.1) is 0 Å². The van der Waals surface area contributed by atoms with Crippen molar-refractivity contribution in [3.63, 3.8) is 0 Å². The molecular formula is C32H41N3O6. The standard InChI is InChI=1S/C32H41N3O6/c1-7-40-22-13-11-21(12-14-22)33-28(37)24-25-30(39)35(23(17-36)18(2)3)27(32(25)16-15-31(24,6)41-32)29(38)34-26-19(4)9-8-10-20(26)5/h8-14,18,23-25,27,36H,7,15-17H2,1-6H3,(H,33,37)(H,34,38)/t23-,24+,25-,27?,31-,32?/m0/s1. The SMILES string of the molecule is CCOc1ccc(NC(=O)[C@H]2[C@H]3C(=O)N([C@@H](CO)C(C)C)C(C(=O)Nc4c(C)cccc4C)C34CC[C@]2(C)O4)cc1. The van der Waals surface area contributed by atoms with Gasteiger partial charge in [0.05, 0.1) is 36.7 Å². The zero-order chi connectivity index (χ0) is 29.7. The number of ether oxygens (including phenoxy) is 2. The number of carbonyl (C=O) groups excluding carboxylic acids is 3. The second-order valence-corrected chi connectivity index (χ2v) is 12.2. The molecule has 2 aromatic carbocycles. The van der Waals surface area contributed by atoms with Crippen LogP contribution >= 0.6 is 0 Å². The predicted molar refractivity (Wildman–Crippen MR) is 156 cm³/mol. The third-order valence-electron chi connectivity index (χ3n) is 9.22. The Morgan fingerprint density at radius 1 is 1.07 bits per heavy atom. The van der Waals surface area contributed by atoms with Crippen LogP contribution < -0.4 is 15.4 Å². The van der Waals surface area contributed by atoms with Gasteiger partial charge in [-0.3, -0.25) is 14.4 Å². The van der Waals surface area contributed by atoms with E-state index in [2.05, 4.69) is 10.6 Å². The Balaban J connectivity index is 1.52. The summed E-state index contributed by atoms with van der Waals surface area (Å²) in [5, 5.41) is 16.5. The van der Waals surface area contributed by atoms with E-state index in [-0.39, 0.29) is 30.2 Å². The molecule has 9 heteroatoms. The van der Waals surface area contributed by atoms with Gasteiger partial charge >= 0.3 is 0 Å². The largest absolute Gasteiger partial charge is 0.494 e. The van der Waals surface area contributed by atoms with Gasteiger partial charge in [0.2, 0.25) is 17.7 Å². The number of amides is 3. The lowest BCUT2D eigenvalue weighted by Gasteiger charge is -2.38. The molecule has 0 saturated carbocycles. The van der Waals surface area contributed by atoms with Gasteiger partial charge in [0.1, 0.15) is 17.4 Å². The van der Waals surface area contributed by atoms with Crippen LogP contribution in [0.1, 0.15) is 51.7 Å². The molecule has 0 aromatic heterocycles. The molecule has 3 N–H and O–H groups in total. The highest BCUT2D eigenvalue weighted by Gasteiger charge is 2.78. The summed E-state index contributed by atoms with van der Waals surface area (Å²) >= 11 is 0. The lowest BCUT2D eigenvalue weighted by atomic mass is 9.66. The van der Waals surface area contributed by atoms with E-state index in [4.69, 9.17) is 9.47 Å². The topological polar surface area (TPSA) is 117 Å². The maximum Gasteiger partial charge on any atom is 0.250 e. The van der Waals surface area contributed by atoms with Crippen molar-refractivity contribution in [2.75, 3.05) is 23.8 Å². The minimum Gasteiger partial charge on any atom is -0.494 e. The van der Waals surface area contributed by atoms with Gasteiger partial charge < -0.3 is 30.1 Å². The summed E-state index contributed by atoms with van der Waals surface area (Å²) in [6.07, 6.45) is 0.995. The van der Waals surface area contributed by atoms with Crippen LogP contribution in [0.3, 0.4) is 0 Å². The predicted octanol–water partition coefficient (Wildman–Crippen LogP) is 4.06. The molecule has 3 amide bonds. The van der Waals surface area contributed by atoms with E-state index in [0.29, 0.717) is 36.6 Å². The fraction of sp³-hybridized carbons (Fsp3) is 0.531. The second-order valence-electron chi connectivity index (χ2n) is 12.2. The quantitative estimate of drug-likeness (QED) is 0.424. The molecule has 2 aromatic rings. The lowest BCUT2D eigenvalue weighted by Crippen LogP contribution is -2.57. The third-order valence-corrected chi connectivity index (χ3v) is 9.22. The number of hydrogen-bond acceptors (Lipinski definition) is 6. The number of para-hydroxylation sites is 1. The smallest absolute Gasteiger partial charge is 0.250 e. The summed E-state index contributed by atoms with van der Waals surface area (Å²) in [6.45, 7) is 11.7. The van der Waals surface area contributed by atoms with Gasteiger partial charge in [0.15, 0.2) is 0 Å². The highest BCUT2D eigenvalue weighted by Crippen LogP contribution is 2.63. The van der Waals surface area contributed by atoms with E-state index in [9.17, 15) is 19.5 Å². The Bertz CT molecular complexity index is 1320. The summed E-state index contributed by atoms with van der Waals surface area (Å²) < 4.78 is 12.2. The first kappa shape index (κ1) is 29.1. The van der Waals surface area contributed by atoms with Crippen LogP contribution in [-0.4, -0.2) is 64.2 Å². The van der Waals surface area contributed by atoms with Gasteiger partial charge in [0.25, 0.3) is 0 Å². The van der Waals surface area contributed by atoms with Crippen LogP contribution in [0.5, 0.6) is 5.75 Å². The van der Waals surface area contributed by atoms with Crippen molar-refractivity contribution in [3.8, 4) is 5.75 Å². The van der Waals surface area contributed by atoms with E-state index in [1.807, 2.05) is 59.7 Å². The highest BCUT2D eigenvalue weighted by atomic mass is 16.5. The third kappa shape index (κ3) is 4.69. The fourth-order valence-corrected chi connectivity index (χ4v) is 7.27. The summed E-state index contributed by atoms with van der Waals surface area (Å²) in [5.74, 6) is -2.10. The molecule has 5 rings (SSSR count). The summed E-state index contributed by atoms with van der Waals surface area (Å²) in [6, 6.07) is 11.3. The number of anilines is 2. The number of fused-ring (bicyclic) bond motifs is 1. The lowest BCUT2D eigenvalue weighted by molar-refractivity contribution is -0.148. The Morgan fingerprint density at radius 3 is 2.32 bits per heavy atom. The van der Waals surface area contributed by atoms with Gasteiger partial charge in [-0.2, -0.15) is 0 Å². The average molecular weight is 564 g/mol. The molecule has 3 aliphatic heterocycles. The number of carbonyl (C=O) groups is 3. The number of nitrogens with zero attached hydrogens (tertiary/aromatic N) is 1. The summed E-state index contributed by atoms with van der Waals surface area (Å²) in [5.41, 5.74) is 0.990.